The van der Waals surface area contributed by atoms with Gasteiger partial charge in [0.05, 0.1) is 22.3 Å². The molecule has 1 rings (SSSR count). The van der Waals surface area contributed by atoms with E-state index in [9.17, 15) is 13.5 Å². The van der Waals surface area contributed by atoms with Gasteiger partial charge in [-0.3, -0.25) is 0 Å². The summed E-state index contributed by atoms with van der Waals surface area (Å²) in [5, 5.41) is 18.8. The summed E-state index contributed by atoms with van der Waals surface area (Å²) < 4.78 is 26.6. The van der Waals surface area contributed by atoms with Crippen LogP contribution in [-0.4, -0.2) is 25.7 Å². The van der Waals surface area contributed by atoms with E-state index in [-0.39, 0.29) is 22.0 Å². The van der Waals surface area contributed by atoms with E-state index < -0.39 is 15.6 Å². The van der Waals surface area contributed by atoms with Crippen LogP contribution in [0, 0.1) is 11.3 Å². The Bertz CT molecular complexity index is 621. The fourth-order valence-corrected chi connectivity index (χ4v) is 3.42. The Morgan fingerprint density at radius 2 is 2.15 bits per heavy atom. The maximum Gasteiger partial charge on any atom is 0.242 e. The predicted molar refractivity (Wildman–Crippen MR) is 76.9 cm³/mol. The Hall–Kier alpha value is -1.13. The molecule has 0 radical (unpaired) electrons. The summed E-state index contributed by atoms with van der Waals surface area (Å²) >= 11 is 5.86. The first-order valence-corrected chi connectivity index (χ1v) is 7.99. The number of hydrogen-bond donors (Lipinski definition) is 2. The average Bonchev–Trinajstić information content (AvgIpc) is 2.37. The molecule has 2 N–H and O–H groups in total. The average molecular weight is 317 g/mol. The number of nitrogens with zero attached hydrogens (tertiary/aromatic N) is 1. The van der Waals surface area contributed by atoms with Crippen molar-refractivity contribution in [3.8, 4) is 6.07 Å². The summed E-state index contributed by atoms with van der Waals surface area (Å²) in [5.74, 6) is 0. The maximum atomic E-state index is 12.2. The normalized spacial score (nSPS) is 14.6. The van der Waals surface area contributed by atoms with Crippen molar-refractivity contribution < 1.29 is 13.5 Å². The van der Waals surface area contributed by atoms with Gasteiger partial charge in [0.25, 0.3) is 0 Å². The molecule has 0 aliphatic rings. The van der Waals surface area contributed by atoms with Gasteiger partial charge in [0, 0.05) is 6.54 Å². The van der Waals surface area contributed by atoms with Crippen LogP contribution in [0.25, 0.3) is 0 Å². The molecule has 1 unspecified atom stereocenters. The van der Waals surface area contributed by atoms with E-state index in [1.165, 1.54) is 18.2 Å². The molecule has 0 aromatic heterocycles. The zero-order valence-corrected chi connectivity index (χ0v) is 12.9. The van der Waals surface area contributed by atoms with Gasteiger partial charge in [-0.05, 0) is 31.5 Å². The quantitative estimate of drug-likeness (QED) is 0.840. The Balaban J connectivity index is 2.98. The molecule has 1 atom stereocenters. The van der Waals surface area contributed by atoms with Crippen molar-refractivity contribution in [2.45, 2.75) is 37.2 Å². The van der Waals surface area contributed by atoms with Crippen LogP contribution in [0.4, 0.5) is 0 Å². The van der Waals surface area contributed by atoms with E-state index in [0.29, 0.717) is 6.42 Å². The van der Waals surface area contributed by atoms with Gasteiger partial charge in [-0.15, -0.1) is 0 Å². The van der Waals surface area contributed by atoms with Gasteiger partial charge >= 0.3 is 0 Å². The molecule has 0 bridgehead atoms. The van der Waals surface area contributed by atoms with Gasteiger partial charge in [0.15, 0.2) is 0 Å². The molecule has 0 aliphatic heterocycles. The first-order chi connectivity index (χ1) is 9.22. The van der Waals surface area contributed by atoms with Crippen molar-refractivity contribution in [3.05, 3.63) is 28.8 Å². The molecule has 110 valence electrons. The molecule has 0 saturated carbocycles. The van der Waals surface area contributed by atoms with E-state index in [2.05, 4.69) is 4.72 Å². The van der Waals surface area contributed by atoms with E-state index in [1.807, 2.05) is 13.0 Å². The third kappa shape index (κ3) is 4.46. The lowest BCUT2D eigenvalue weighted by atomic mass is 10.0. The number of sulfonamides is 1. The zero-order chi connectivity index (χ0) is 15.4. The molecule has 7 heteroatoms. The van der Waals surface area contributed by atoms with E-state index in [1.54, 1.807) is 6.92 Å². The van der Waals surface area contributed by atoms with E-state index >= 15 is 0 Å². The lowest BCUT2D eigenvalue weighted by molar-refractivity contribution is 0.0554. The number of benzene rings is 1. The van der Waals surface area contributed by atoms with Crippen LogP contribution in [0.5, 0.6) is 0 Å². The summed E-state index contributed by atoms with van der Waals surface area (Å²) in [6.07, 6.45) is 1.21. The molecule has 0 heterocycles. The Labute approximate surface area is 124 Å². The fourth-order valence-electron chi connectivity index (χ4n) is 1.73. The van der Waals surface area contributed by atoms with Crippen LogP contribution in [0.2, 0.25) is 5.02 Å². The van der Waals surface area contributed by atoms with Crippen molar-refractivity contribution in [1.29, 1.82) is 5.26 Å². The maximum absolute atomic E-state index is 12.2. The summed E-state index contributed by atoms with van der Waals surface area (Å²) in [6, 6.07) is 5.87. The minimum Gasteiger partial charge on any atom is -0.389 e. The minimum atomic E-state index is -3.87. The molecule has 1 aromatic rings. The molecule has 0 fully saturated rings. The molecule has 1 aromatic carbocycles. The highest BCUT2D eigenvalue weighted by atomic mass is 35.5. The highest BCUT2D eigenvalue weighted by molar-refractivity contribution is 7.89. The second-order valence-electron chi connectivity index (χ2n) is 4.83. The largest absolute Gasteiger partial charge is 0.389 e. The smallest absolute Gasteiger partial charge is 0.242 e. The van der Waals surface area contributed by atoms with Crippen molar-refractivity contribution >= 4 is 21.6 Å². The lowest BCUT2D eigenvalue weighted by Gasteiger charge is -2.23. The second kappa shape index (κ2) is 6.55. The number of rotatable bonds is 6. The molecule has 0 aliphatic carbocycles. The molecule has 0 spiro atoms. The summed E-state index contributed by atoms with van der Waals surface area (Å²) in [5.41, 5.74) is -0.920. The van der Waals surface area contributed by atoms with Crippen LogP contribution in [-0.2, 0) is 10.0 Å². The summed E-state index contributed by atoms with van der Waals surface area (Å²) in [6.45, 7) is 3.35. The molecule has 20 heavy (non-hydrogen) atoms. The van der Waals surface area contributed by atoms with Crippen molar-refractivity contribution in [2.24, 2.45) is 0 Å². The molecule has 5 nitrogen and oxygen atoms in total. The van der Waals surface area contributed by atoms with Crippen LogP contribution in [0.1, 0.15) is 32.3 Å². The first-order valence-electron chi connectivity index (χ1n) is 6.13. The van der Waals surface area contributed by atoms with E-state index in [0.717, 1.165) is 6.42 Å². The molecule has 0 amide bonds. The third-order valence-corrected chi connectivity index (χ3v) is 4.66. The molecule has 0 saturated heterocycles. The standard InChI is InChI=1S/C13H17ClN2O3S/c1-3-6-13(2,17)9-16-20(18,19)12-7-10(8-15)4-5-11(12)14/h4-5,7,16-17H,3,6,9H2,1-2H3. The van der Waals surface area contributed by atoms with Gasteiger partial charge in [-0.25, -0.2) is 13.1 Å². The van der Waals surface area contributed by atoms with Crippen LogP contribution < -0.4 is 4.72 Å². The number of halogens is 1. The van der Waals surface area contributed by atoms with Crippen molar-refractivity contribution in [1.82, 2.24) is 4.72 Å². The van der Waals surface area contributed by atoms with Gasteiger partial charge in [-0.1, -0.05) is 24.9 Å². The highest BCUT2D eigenvalue weighted by Crippen LogP contribution is 2.23. The van der Waals surface area contributed by atoms with Crippen LogP contribution in [0.3, 0.4) is 0 Å². The molecular weight excluding hydrogens is 300 g/mol. The van der Waals surface area contributed by atoms with E-state index in [4.69, 9.17) is 16.9 Å². The lowest BCUT2D eigenvalue weighted by Crippen LogP contribution is -2.40. The highest BCUT2D eigenvalue weighted by Gasteiger charge is 2.25. The minimum absolute atomic E-state index is 0.0339. The number of hydrogen-bond acceptors (Lipinski definition) is 4. The molecular formula is C13H17ClN2O3S. The summed E-state index contributed by atoms with van der Waals surface area (Å²) in [7, 11) is -3.87. The number of nitrogens with one attached hydrogen (secondary N) is 1. The SMILES string of the molecule is CCCC(C)(O)CNS(=O)(=O)c1cc(C#N)ccc1Cl. The van der Waals surface area contributed by atoms with Crippen LogP contribution in [0.15, 0.2) is 23.1 Å². The van der Waals surface area contributed by atoms with Gasteiger partial charge in [-0.2, -0.15) is 5.26 Å². The number of aliphatic hydroxyl groups is 1. The first kappa shape index (κ1) is 16.9. The Kier molecular flexibility index (Phi) is 5.54. The van der Waals surface area contributed by atoms with Crippen molar-refractivity contribution in [3.63, 3.8) is 0 Å². The monoisotopic (exact) mass is 316 g/mol. The van der Waals surface area contributed by atoms with Crippen molar-refractivity contribution in [2.75, 3.05) is 6.54 Å². The zero-order valence-electron chi connectivity index (χ0n) is 11.4. The van der Waals surface area contributed by atoms with Gasteiger partial charge in [0.2, 0.25) is 10.0 Å². The topological polar surface area (TPSA) is 90.2 Å². The third-order valence-electron chi connectivity index (χ3n) is 2.78. The van der Waals surface area contributed by atoms with Gasteiger partial charge in [0.1, 0.15) is 4.90 Å². The Morgan fingerprint density at radius 1 is 1.50 bits per heavy atom. The fraction of sp³-hybridized carbons (Fsp3) is 0.462. The van der Waals surface area contributed by atoms with Crippen LogP contribution >= 0.6 is 11.6 Å². The predicted octanol–water partition coefficient (Wildman–Crippen LogP) is 2.04. The van der Waals surface area contributed by atoms with Gasteiger partial charge < -0.3 is 5.11 Å². The Morgan fingerprint density at radius 3 is 2.70 bits per heavy atom. The summed E-state index contributed by atoms with van der Waals surface area (Å²) in [4.78, 5) is -0.162. The number of nitriles is 1. The second-order valence-corrected chi connectivity index (χ2v) is 6.97.